The van der Waals surface area contributed by atoms with E-state index >= 15 is 0 Å². The number of amides is 1. The van der Waals surface area contributed by atoms with Gasteiger partial charge in [-0.2, -0.15) is 25.8 Å². The van der Waals surface area contributed by atoms with Gasteiger partial charge in [-0.25, -0.2) is 0 Å². The number of thioether (sulfide) groups is 1. The molecule has 7 heteroatoms. The number of benzene rings is 1. The van der Waals surface area contributed by atoms with Gasteiger partial charge in [0.15, 0.2) is 0 Å². The molecular weight excluding hydrogens is 283 g/mol. The second-order valence-electron chi connectivity index (χ2n) is 3.90. The van der Waals surface area contributed by atoms with Gasteiger partial charge in [-0.05, 0) is 36.0 Å². The smallest absolute Gasteiger partial charge is 0.311 e. The van der Waals surface area contributed by atoms with E-state index in [2.05, 4.69) is 12.6 Å². The molecule has 0 bridgehead atoms. The van der Waals surface area contributed by atoms with Crippen LogP contribution < -0.4 is 4.90 Å². The highest BCUT2D eigenvalue weighted by Gasteiger charge is 2.30. The van der Waals surface area contributed by atoms with Gasteiger partial charge in [-0.3, -0.25) is 4.79 Å². The Morgan fingerprint density at radius 2 is 1.89 bits per heavy atom. The summed E-state index contributed by atoms with van der Waals surface area (Å²) in [4.78, 5) is 13.2. The van der Waals surface area contributed by atoms with Crippen LogP contribution in [0, 0.1) is 0 Å². The van der Waals surface area contributed by atoms with E-state index < -0.39 is 5.51 Å². The number of anilines is 1. The van der Waals surface area contributed by atoms with Gasteiger partial charge < -0.3 is 4.90 Å². The standard InChI is InChI=1S/C11H10F3NOS2/c12-11(13,14)18-9-3-1-7(2-4-9)15-6-8(17)5-10(15)16/h1-4,8,17H,5-6H2. The van der Waals surface area contributed by atoms with E-state index in [-0.39, 0.29) is 27.8 Å². The van der Waals surface area contributed by atoms with Crippen LogP contribution in [0.2, 0.25) is 0 Å². The molecule has 0 spiro atoms. The average molecular weight is 293 g/mol. The molecule has 1 amide bonds. The lowest BCUT2D eigenvalue weighted by Gasteiger charge is -2.16. The number of alkyl halides is 3. The van der Waals surface area contributed by atoms with Gasteiger partial charge in [0.05, 0.1) is 0 Å². The summed E-state index contributed by atoms with van der Waals surface area (Å²) in [6.45, 7) is 0.494. The normalized spacial score (nSPS) is 20.6. The summed E-state index contributed by atoms with van der Waals surface area (Å²) < 4.78 is 36.4. The minimum absolute atomic E-state index is 0.0123. The third kappa shape index (κ3) is 3.35. The van der Waals surface area contributed by atoms with Crippen molar-refractivity contribution < 1.29 is 18.0 Å². The van der Waals surface area contributed by atoms with Crippen molar-refractivity contribution in [3.63, 3.8) is 0 Å². The molecule has 1 aliphatic heterocycles. The van der Waals surface area contributed by atoms with E-state index in [1.807, 2.05) is 0 Å². The van der Waals surface area contributed by atoms with Crippen LogP contribution in [0.15, 0.2) is 29.2 Å². The second kappa shape index (κ2) is 5.05. The lowest BCUT2D eigenvalue weighted by atomic mass is 10.3. The largest absolute Gasteiger partial charge is 0.446 e. The van der Waals surface area contributed by atoms with E-state index in [4.69, 9.17) is 0 Å². The number of carbonyl (C=O) groups excluding carboxylic acids is 1. The summed E-state index contributed by atoms with van der Waals surface area (Å²) in [6.07, 6.45) is 0.363. The number of hydrogen-bond acceptors (Lipinski definition) is 3. The monoisotopic (exact) mass is 293 g/mol. The molecule has 1 saturated heterocycles. The minimum atomic E-state index is -4.29. The molecule has 1 heterocycles. The molecule has 2 nitrogen and oxygen atoms in total. The van der Waals surface area contributed by atoms with E-state index in [9.17, 15) is 18.0 Å². The van der Waals surface area contributed by atoms with Crippen LogP contribution in [0.1, 0.15) is 6.42 Å². The highest BCUT2D eigenvalue weighted by Crippen LogP contribution is 2.37. The van der Waals surface area contributed by atoms with Crippen molar-refractivity contribution in [1.82, 2.24) is 0 Å². The van der Waals surface area contributed by atoms with Gasteiger partial charge in [-0.1, -0.05) is 0 Å². The van der Waals surface area contributed by atoms with Gasteiger partial charge in [0, 0.05) is 28.8 Å². The van der Waals surface area contributed by atoms with Crippen LogP contribution in [-0.4, -0.2) is 23.2 Å². The van der Waals surface area contributed by atoms with Crippen molar-refractivity contribution in [2.45, 2.75) is 22.1 Å². The Kier molecular flexibility index (Phi) is 3.82. The molecule has 0 saturated carbocycles. The Morgan fingerprint density at radius 1 is 1.28 bits per heavy atom. The van der Waals surface area contributed by atoms with Gasteiger partial charge in [0.25, 0.3) is 0 Å². The van der Waals surface area contributed by atoms with Crippen LogP contribution in [0.5, 0.6) is 0 Å². The maximum Gasteiger partial charge on any atom is 0.446 e. The number of rotatable bonds is 2. The second-order valence-corrected chi connectivity index (χ2v) is 5.77. The molecule has 0 radical (unpaired) electrons. The molecule has 1 aromatic carbocycles. The van der Waals surface area contributed by atoms with Crippen LogP contribution in [0.4, 0.5) is 18.9 Å². The molecule has 0 aromatic heterocycles. The third-order valence-electron chi connectivity index (χ3n) is 2.49. The van der Waals surface area contributed by atoms with Crippen molar-refractivity contribution in [2.75, 3.05) is 11.4 Å². The number of carbonyl (C=O) groups is 1. The lowest BCUT2D eigenvalue weighted by molar-refractivity contribution is -0.117. The first-order valence-corrected chi connectivity index (χ1v) is 6.53. The predicted octanol–water partition coefficient (Wildman–Crippen LogP) is 3.33. The van der Waals surface area contributed by atoms with Crippen molar-refractivity contribution in [3.05, 3.63) is 24.3 Å². The topological polar surface area (TPSA) is 20.3 Å². The molecule has 2 rings (SSSR count). The Bertz CT molecular complexity index is 447. The third-order valence-corrected chi connectivity index (χ3v) is 3.57. The summed E-state index contributed by atoms with van der Waals surface area (Å²) in [5, 5.41) is -0.0123. The first-order valence-electron chi connectivity index (χ1n) is 5.19. The molecule has 0 aliphatic carbocycles. The summed E-state index contributed by atoms with van der Waals surface area (Å²) in [5.74, 6) is -0.0498. The predicted molar refractivity (Wildman–Crippen MR) is 68.1 cm³/mol. The number of nitrogens with zero attached hydrogens (tertiary/aromatic N) is 1. The van der Waals surface area contributed by atoms with Gasteiger partial charge in [0.1, 0.15) is 0 Å². The van der Waals surface area contributed by atoms with Gasteiger partial charge >= 0.3 is 5.51 Å². The quantitative estimate of drug-likeness (QED) is 0.667. The molecule has 1 aliphatic rings. The zero-order valence-corrected chi connectivity index (χ0v) is 10.9. The number of halogens is 3. The van der Waals surface area contributed by atoms with Crippen LogP contribution >= 0.6 is 24.4 Å². The Balaban J connectivity index is 2.11. The summed E-state index contributed by atoms with van der Waals surface area (Å²) in [6, 6.07) is 5.79. The highest BCUT2D eigenvalue weighted by atomic mass is 32.2. The fraction of sp³-hybridized carbons (Fsp3) is 0.364. The highest BCUT2D eigenvalue weighted by molar-refractivity contribution is 8.00. The summed E-state index contributed by atoms with van der Waals surface area (Å²) in [5.41, 5.74) is -3.68. The Morgan fingerprint density at radius 3 is 2.33 bits per heavy atom. The fourth-order valence-electron chi connectivity index (χ4n) is 1.77. The first-order chi connectivity index (χ1) is 8.35. The summed E-state index contributed by atoms with van der Waals surface area (Å²) >= 11 is 4.06. The van der Waals surface area contributed by atoms with E-state index in [1.165, 1.54) is 24.3 Å². The Labute approximate surface area is 112 Å². The van der Waals surface area contributed by atoms with Crippen LogP contribution in [0.25, 0.3) is 0 Å². The lowest BCUT2D eigenvalue weighted by Crippen LogP contribution is -2.24. The van der Waals surface area contributed by atoms with Crippen LogP contribution in [0.3, 0.4) is 0 Å². The van der Waals surface area contributed by atoms with E-state index in [0.717, 1.165) is 0 Å². The zero-order valence-electron chi connectivity index (χ0n) is 9.15. The molecule has 0 N–H and O–H groups in total. The first kappa shape index (κ1) is 13.6. The van der Waals surface area contributed by atoms with Crippen molar-refractivity contribution >= 4 is 36.0 Å². The number of thiol groups is 1. The molecule has 18 heavy (non-hydrogen) atoms. The summed E-state index contributed by atoms with van der Waals surface area (Å²) in [7, 11) is 0. The minimum Gasteiger partial charge on any atom is -0.311 e. The Hall–Kier alpha value is -0.820. The molecule has 1 unspecified atom stereocenters. The molecule has 1 fully saturated rings. The fourth-order valence-corrected chi connectivity index (χ4v) is 2.62. The SMILES string of the molecule is O=C1CC(S)CN1c1ccc(SC(F)(F)F)cc1. The van der Waals surface area contributed by atoms with Crippen molar-refractivity contribution in [1.29, 1.82) is 0 Å². The number of hydrogen-bond donors (Lipinski definition) is 1. The average Bonchev–Trinajstić information content (AvgIpc) is 2.57. The van der Waals surface area contributed by atoms with E-state index in [0.29, 0.717) is 18.7 Å². The molecule has 1 aromatic rings. The maximum atomic E-state index is 12.1. The van der Waals surface area contributed by atoms with Crippen molar-refractivity contribution in [3.8, 4) is 0 Å². The maximum absolute atomic E-state index is 12.1. The van der Waals surface area contributed by atoms with E-state index in [1.54, 1.807) is 4.90 Å². The molecular formula is C11H10F3NOS2. The van der Waals surface area contributed by atoms with Crippen molar-refractivity contribution in [2.24, 2.45) is 0 Å². The molecule has 1 atom stereocenters. The molecule has 98 valence electrons. The zero-order chi connectivity index (χ0) is 13.3. The van der Waals surface area contributed by atoms with Crippen LogP contribution in [-0.2, 0) is 4.79 Å². The van der Waals surface area contributed by atoms with Gasteiger partial charge in [0.2, 0.25) is 5.91 Å². The van der Waals surface area contributed by atoms with Gasteiger partial charge in [-0.15, -0.1) is 0 Å².